The third-order valence-corrected chi connectivity index (χ3v) is 5.35. The van der Waals surface area contributed by atoms with E-state index in [0.717, 1.165) is 16.2 Å². The molecule has 0 atom stereocenters. The van der Waals surface area contributed by atoms with Gasteiger partial charge in [0.25, 0.3) is 5.91 Å². The van der Waals surface area contributed by atoms with Gasteiger partial charge in [0.2, 0.25) is 0 Å². The normalized spacial score (nSPS) is 11.0. The number of hydrogen-bond acceptors (Lipinski definition) is 4. The van der Waals surface area contributed by atoms with Crippen LogP contribution in [-0.2, 0) is 6.54 Å². The van der Waals surface area contributed by atoms with Crippen molar-refractivity contribution in [2.75, 3.05) is 0 Å². The predicted octanol–water partition coefficient (Wildman–Crippen LogP) is 4.18. The summed E-state index contributed by atoms with van der Waals surface area (Å²) in [7, 11) is 0. The lowest BCUT2D eigenvalue weighted by atomic mass is 10.2. The Morgan fingerprint density at radius 1 is 1.27 bits per heavy atom. The van der Waals surface area contributed by atoms with Gasteiger partial charge in [-0.15, -0.1) is 11.3 Å². The Bertz CT molecular complexity index is 1090. The molecule has 130 valence electrons. The van der Waals surface area contributed by atoms with Gasteiger partial charge in [-0.05, 0) is 24.3 Å². The van der Waals surface area contributed by atoms with E-state index < -0.39 is 5.82 Å². The third-order valence-electron chi connectivity index (χ3n) is 3.89. The summed E-state index contributed by atoms with van der Waals surface area (Å²) in [4.78, 5) is 22.1. The third kappa shape index (κ3) is 3.07. The van der Waals surface area contributed by atoms with Gasteiger partial charge in [-0.1, -0.05) is 17.7 Å². The van der Waals surface area contributed by atoms with Crippen LogP contribution in [0.5, 0.6) is 0 Å². The highest BCUT2D eigenvalue weighted by Crippen LogP contribution is 2.28. The molecule has 26 heavy (non-hydrogen) atoms. The molecule has 1 N–H and O–H groups in total. The Balaban J connectivity index is 1.53. The first-order chi connectivity index (χ1) is 12.6. The van der Waals surface area contributed by atoms with Gasteiger partial charge in [-0.2, -0.15) is 0 Å². The maximum Gasteiger partial charge on any atom is 0.261 e. The van der Waals surface area contributed by atoms with E-state index in [9.17, 15) is 9.18 Å². The molecule has 0 aliphatic heterocycles. The topological polar surface area (TPSA) is 59.3 Å². The molecule has 5 nitrogen and oxygen atoms in total. The second kappa shape index (κ2) is 6.86. The van der Waals surface area contributed by atoms with Crippen LogP contribution in [0.15, 0.2) is 55.1 Å². The zero-order chi connectivity index (χ0) is 18.1. The summed E-state index contributed by atoms with van der Waals surface area (Å²) in [5.74, 6) is -0.722. The van der Waals surface area contributed by atoms with Crippen LogP contribution < -0.4 is 5.32 Å². The molecule has 8 heteroatoms. The molecule has 4 rings (SSSR count). The van der Waals surface area contributed by atoms with E-state index in [-0.39, 0.29) is 23.0 Å². The first-order valence-electron chi connectivity index (χ1n) is 7.72. The van der Waals surface area contributed by atoms with E-state index in [4.69, 9.17) is 11.6 Å². The minimum atomic E-state index is -0.441. The zero-order valence-electron chi connectivity index (χ0n) is 13.3. The van der Waals surface area contributed by atoms with E-state index in [0.29, 0.717) is 4.88 Å². The Morgan fingerprint density at radius 2 is 2.15 bits per heavy atom. The monoisotopic (exact) mass is 386 g/mol. The lowest BCUT2D eigenvalue weighted by molar-refractivity contribution is 0.0954. The number of thiophene rings is 1. The van der Waals surface area contributed by atoms with Crippen molar-refractivity contribution in [3.63, 3.8) is 0 Å². The fraction of sp³-hybridized carbons (Fsp3) is 0.0556. The van der Waals surface area contributed by atoms with Gasteiger partial charge in [-0.25, -0.2) is 9.37 Å². The number of amides is 1. The molecule has 3 aromatic heterocycles. The summed E-state index contributed by atoms with van der Waals surface area (Å²) < 4.78 is 15.7. The lowest BCUT2D eigenvalue weighted by Crippen LogP contribution is -2.22. The van der Waals surface area contributed by atoms with Gasteiger partial charge in [0.15, 0.2) is 5.65 Å². The van der Waals surface area contributed by atoms with Gasteiger partial charge < -0.3 is 5.32 Å². The van der Waals surface area contributed by atoms with Crippen molar-refractivity contribution < 1.29 is 9.18 Å². The molecule has 0 saturated heterocycles. The standard InChI is InChI=1S/C18H12ClFN4OS/c19-12-2-1-3-13(20)11(12)8-23-18(25)16-5-4-15(26-16)14-9-22-17-10-21-6-7-24(14)17/h1-7,9-10H,8H2,(H,23,25). The first kappa shape index (κ1) is 16.7. The molecule has 1 aromatic carbocycles. The van der Waals surface area contributed by atoms with Crippen LogP contribution >= 0.6 is 22.9 Å². The van der Waals surface area contributed by atoms with Crippen molar-refractivity contribution in [1.82, 2.24) is 19.7 Å². The van der Waals surface area contributed by atoms with E-state index in [1.807, 2.05) is 16.7 Å². The van der Waals surface area contributed by atoms with Gasteiger partial charge in [0.05, 0.1) is 27.8 Å². The molecule has 0 radical (unpaired) electrons. The van der Waals surface area contributed by atoms with Crippen molar-refractivity contribution >= 4 is 34.5 Å². The Labute approximate surface area is 157 Å². The lowest BCUT2D eigenvalue weighted by Gasteiger charge is -2.07. The number of imidazole rings is 1. The van der Waals surface area contributed by atoms with E-state index in [2.05, 4.69) is 15.3 Å². The molecule has 3 heterocycles. The van der Waals surface area contributed by atoms with Crippen LogP contribution in [0.1, 0.15) is 15.2 Å². The molecular formula is C18H12ClFN4OS. The molecule has 0 spiro atoms. The van der Waals surface area contributed by atoms with Crippen LogP contribution in [0.4, 0.5) is 4.39 Å². The second-order valence-electron chi connectivity index (χ2n) is 5.49. The maximum absolute atomic E-state index is 13.8. The average Bonchev–Trinajstić information content (AvgIpc) is 3.28. The molecule has 0 saturated carbocycles. The highest BCUT2D eigenvalue weighted by molar-refractivity contribution is 7.17. The van der Waals surface area contributed by atoms with E-state index in [1.54, 1.807) is 30.7 Å². The number of carbonyl (C=O) groups is 1. The van der Waals surface area contributed by atoms with Crippen LogP contribution in [0.3, 0.4) is 0 Å². The maximum atomic E-state index is 13.8. The van der Waals surface area contributed by atoms with Gasteiger partial charge >= 0.3 is 0 Å². The quantitative estimate of drug-likeness (QED) is 0.572. The summed E-state index contributed by atoms with van der Waals surface area (Å²) in [5, 5.41) is 3.00. The van der Waals surface area contributed by atoms with Crippen LogP contribution in [0.2, 0.25) is 5.02 Å². The predicted molar refractivity (Wildman–Crippen MR) is 98.9 cm³/mol. The van der Waals surface area contributed by atoms with Crippen LogP contribution in [0, 0.1) is 5.82 Å². The van der Waals surface area contributed by atoms with E-state index in [1.165, 1.54) is 23.5 Å². The fourth-order valence-electron chi connectivity index (χ4n) is 2.58. The Kier molecular flexibility index (Phi) is 4.40. The molecule has 0 bridgehead atoms. The van der Waals surface area contributed by atoms with Gasteiger partial charge in [-0.3, -0.25) is 14.2 Å². The number of benzene rings is 1. The first-order valence-corrected chi connectivity index (χ1v) is 8.91. The van der Waals surface area contributed by atoms with Crippen molar-refractivity contribution in [2.24, 2.45) is 0 Å². The zero-order valence-corrected chi connectivity index (χ0v) is 14.9. The summed E-state index contributed by atoms with van der Waals surface area (Å²) in [6, 6.07) is 8.03. The molecule has 4 aromatic rings. The fourth-order valence-corrected chi connectivity index (χ4v) is 3.74. The number of aromatic nitrogens is 3. The van der Waals surface area contributed by atoms with Crippen LogP contribution in [-0.4, -0.2) is 20.3 Å². The summed E-state index contributed by atoms with van der Waals surface area (Å²) in [6.07, 6.45) is 6.90. The van der Waals surface area contributed by atoms with Crippen molar-refractivity contribution in [3.8, 4) is 10.6 Å². The number of halogens is 2. The van der Waals surface area contributed by atoms with Crippen molar-refractivity contribution in [2.45, 2.75) is 6.54 Å². The SMILES string of the molecule is O=C(NCc1c(F)cccc1Cl)c1ccc(-c2cnc3cnccn23)s1. The molecule has 0 aliphatic rings. The summed E-state index contributed by atoms with van der Waals surface area (Å²) in [6.45, 7) is 0.0266. The minimum Gasteiger partial charge on any atom is -0.347 e. The Morgan fingerprint density at radius 3 is 3.00 bits per heavy atom. The summed E-state index contributed by atoms with van der Waals surface area (Å²) in [5.41, 5.74) is 1.88. The smallest absolute Gasteiger partial charge is 0.261 e. The average molecular weight is 387 g/mol. The Hall–Kier alpha value is -2.77. The molecular weight excluding hydrogens is 375 g/mol. The largest absolute Gasteiger partial charge is 0.347 e. The minimum absolute atomic E-state index is 0.0266. The van der Waals surface area contributed by atoms with E-state index >= 15 is 0 Å². The number of rotatable bonds is 4. The molecule has 0 fully saturated rings. The molecule has 1 amide bonds. The number of hydrogen-bond donors (Lipinski definition) is 1. The number of nitrogens with one attached hydrogen (secondary N) is 1. The second-order valence-corrected chi connectivity index (χ2v) is 6.99. The molecule has 0 aliphatic carbocycles. The highest BCUT2D eigenvalue weighted by Gasteiger charge is 2.14. The highest BCUT2D eigenvalue weighted by atomic mass is 35.5. The summed E-state index contributed by atoms with van der Waals surface area (Å²) >= 11 is 7.32. The van der Waals surface area contributed by atoms with Crippen molar-refractivity contribution in [3.05, 3.63) is 76.4 Å². The van der Waals surface area contributed by atoms with Crippen LogP contribution in [0.25, 0.3) is 16.2 Å². The number of fused-ring (bicyclic) bond motifs is 1. The van der Waals surface area contributed by atoms with Gasteiger partial charge in [0.1, 0.15) is 5.82 Å². The number of nitrogens with zero attached hydrogens (tertiary/aromatic N) is 3. The number of carbonyl (C=O) groups excluding carboxylic acids is 1. The molecule has 0 unspecified atom stereocenters. The van der Waals surface area contributed by atoms with Gasteiger partial charge in [0, 0.05) is 29.5 Å². The van der Waals surface area contributed by atoms with Crippen molar-refractivity contribution in [1.29, 1.82) is 0 Å².